The van der Waals surface area contributed by atoms with E-state index in [0.717, 1.165) is 16.9 Å². The summed E-state index contributed by atoms with van der Waals surface area (Å²) in [5.41, 5.74) is 1.92. The van der Waals surface area contributed by atoms with E-state index in [9.17, 15) is 4.79 Å². The fourth-order valence-corrected chi connectivity index (χ4v) is 3.43. The van der Waals surface area contributed by atoms with Crippen LogP contribution in [0.1, 0.15) is 37.1 Å². The number of fused-ring (bicyclic) bond motifs is 1. The van der Waals surface area contributed by atoms with E-state index in [1.807, 2.05) is 43.4 Å². The lowest BCUT2D eigenvalue weighted by molar-refractivity contribution is -0.682. The van der Waals surface area contributed by atoms with Crippen LogP contribution in [0.3, 0.4) is 0 Å². The first kappa shape index (κ1) is 18.8. The third kappa shape index (κ3) is 4.41. The minimum atomic E-state index is -0.125. The molecule has 5 nitrogen and oxygen atoms in total. The van der Waals surface area contributed by atoms with Crippen molar-refractivity contribution in [2.24, 2.45) is 0 Å². The Kier molecular flexibility index (Phi) is 5.91. The van der Waals surface area contributed by atoms with Gasteiger partial charge in [0.15, 0.2) is 18.0 Å². The minimum Gasteiger partial charge on any atom is -0.454 e. The van der Waals surface area contributed by atoms with Crippen LogP contribution in [0, 0.1) is 0 Å². The molecule has 1 aliphatic rings. The minimum absolute atomic E-state index is 0.0476. The van der Waals surface area contributed by atoms with Crippen molar-refractivity contribution in [2.75, 3.05) is 13.3 Å². The van der Waals surface area contributed by atoms with Gasteiger partial charge in [-0.05, 0) is 43.7 Å². The van der Waals surface area contributed by atoms with Crippen molar-refractivity contribution in [3.8, 4) is 11.5 Å². The molecule has 0 bridgehead atoms. The number of carbonyl (C=O) groups is 1. The maximum atomic E-state index is 12.3. The number of amides is 1. The van der Waals surface area contributed by atoms with Gasteiger partial charge in [0.1, 0.15) is 6.04 Å². The summed E-state index contributed by atoms with van der Waals surface area (Å²) in [5.74, 6) is 1.39. The number of halogens is 2. The fourth-order valence-electron chi connectivity index (χ4n) is 2.85. The second-order valence-corrected chi connectivity index (χ2v) is 7.14. The van der Waals surface area contributed by atoms with Crippen LogP contribution < -0.4 is 20.1 Å². The van der Waals surface area contributed by atoms with Gasteiger partial charge in [-0.3, -0.25) is 4.79 Å². The van der Waals surface area contributed by atoms with Gasteiger partial charge in [0, 0.05) is 10.6 Å². The highest BCUT2D eigenvalue weighted by atomic mass is 35.5. The van der Waals surface area contributed by atoms with Gasteiger partial charge < -0.3 is 20.1 Å². The summed E-state index contributed by atoms with van der Waals surface area (Å²) in [6.07, 6.45) is 0. The highest BCUT2D eigenvalue weighted by Crippen LogP contribution is 2.34. The van der Waals surface area contributed by atoms with Crippen LogP contribution in [0.4, 0.5) is 0 Å². The first-order valence-electron chi connectivity index (χ1n) is 8.41. The van der Waals surface area contributed by atoms with Crippen LogP contribution in [-0.4, -0.2) is 19.2 Å². The fraction of sp³-hybridized carbons (Fsp3) is 0.316. The van der Waals surface area contributed by atoms with Crippen molar-refractivity contribution < 1.29 is 19.6 Å². The van der Waals surface area contributed by atoms with Crippen LogP contribution in [0.25, 0.3) is 0 Å². The summed E-state index contributed by atoms with van der Waals surface area (Å²) in [5, 5.41) is 6.14. The van der Waals surface area contributed by atoms with E-state index < -0.39 is 0 Å². The average Bonchev–Trinajstić information content (AvgIpc) is 3.07. The number of ether oxygens (including phenoxy) is 2. The third-order valence-electron chi connectivity index (χ3n) is 4.38. The van der Waals surface area contributed by atoms with Crippen LogP contribution in [-0.2, 0) is 4.79 Å². The molecule has 3 N–H and O–H groups in total. The number of carbonyl (C=O) groups excluding carboxylic acids is 1. The molecule has 1 amide bonds. The molecule has 0 fully saturated rings. The van der Waals surface area contributed by atoms with Crippen molar-refractivity contribution >= 4 is 29.1 Å². The molecule has 2 atom stereocenters. The number of quaternary nitrogens is 1. The van der Waals surface area contributed by atoms with E-state index >= 15 is 0 Å². The Morgan fingerprint density at radius 3 is 2.69 bits per heavy atom. The SMILES string of the molecule is C[C@H](NC(=O)C[NH2+][C@H](C)c1ccc(Cl)cc1Cl)c1ccc2c(c1)OCO2. The molecular weight excluding hydrogens is 375 g/mol. The summed E-state index contributed by atoms with van der Waals surface area (Å²) >= 11 is 12.1. The van der Waals surface area contributed by atoms with Crippen molar-refractivity contribution in [1.29, 1.82) is 0 Å². The first-order chi connectivity index (χ1) is 12.4. The lowest BCUT2D eigenvalue weighted by Gasteiger charge is -2.16. The monoisotopic (exact) mass is 395 g/mol. The third-order valence-corrected chi connectivity index (χ3v) is 4.95. The molecule has 1 heterocycles. The van der Waals surface area contributed by atoms with Gasteiger partial charge in [0.05, 0.1) is 11.1 Å². The number of rotatable bonds is 6. The first-order valence-corrected chi connectivity index (χ1v) is 9.17. The molecule has 0 aromatic heterocycles. The molecular formula is C19H21Cl2N2O3+. The Labute approximate surface area is 162 Å². The Hall–Kier alpha value is -1.95. The van der Waals surface area contributed by atoms with Crippen molar-refractivity contribution in [3.05, 3.63) is 57.6 Å². The molecule has 3 rings (SSSR count). The second kappa shape index (κ2) is 8.16. The normalized spacial score (nSPS) is 14.8. The quantitative estimate of drug-likeness (QED) is 0.788. The zero-order valence-corrected chi connectivity index (χ0v) is 16.1. The number of hydrogen-bond donors (Lipinski definition) is 2. The average molecular weight is 396 g/mol. The van der Waals surface area contributed by atoms with Crippen molar-refractivity contribution in [1.82, 2.24) is 5.32 Å². The summed E-state index contributed by atoms with van der Waals surface area (Å²) < 4.78 is 10.7. The summed E-state index contributed by atoms with van der Waals surface area (Å²) in [6, 6.07) is 11.0. The maximum Gasteiger partial charge on any atom is 0.275 e. The van der Waals surface area contributed by atoms with Gasteiger partial charge in [0.25, 0.3) is 5.91 Å². The Balaban J connectivity index is 1.53. The zero-order chi connectivity index (χ0) is 18.7. The van der Waals surface area contributed by atoms with Crippen molar-refractivity contribution in [3.63, 3.8) is 0 Å². The van der Waals surface area contributed by atoms with E-state index in [1.54, 1.807) is 12.1 Å². The van der Waals surface area contributed by atoms with Crippen LogP contribution in [0.2, 0.25) is 10.0 Å². The summed E-state index contributed by atoms with van der Waals surface area (Å²) in [7, 11) is 0. The number of nitrogens with two attached hydrogens (primary N) is 1. The van der Waals surface area contributed by atoms with Crippen molar-refractivity contribution in [2.45, 2.75) is 25.9 Å². The number of hydrogen-bond acceptors (Lipinski definition) is 3. The molecule has 26 heavy (non-hydrogen) atoms. The molecule has 0 spiro atoms. The van der Waals surface area contributed by atoms with E-state index in [2.05, 4.69) is 5.32 Å². The molecule has 138 valence electrons. The van der Waals surface area contributed by atoms with Gasteiger partial charge in [-0.25, -0.2) is 0 Å². The van der Waals surface area contributed by atoms with E-state index in [-0.39, 0.29) is 24.8 Å². The standard InChI is InChI=1S/C19H20Cl2N2O3/c1-11(13-3-6-17-18(7-13)26-10-25-17)23-19(24)9-22-12(2)15-5-4-14(20)8-16(15)21/h3-8,11-12,22H,9-10H2,1-2H3,(H,23,24)/p+1/t11-,12+/m0/s1. The highest BCUT2D eigenvalue weighted by Gasteiger charge is 2.19. The number of nitrogens with one attached hydrogen (secondary N) is 1. The molecule has 2 aromatic carbocycles. The smallest absolute Gasteiger partial charge is 0.275 e. The van der Waals surface area contributed by atoms with Gasteiger partial charge in [-0.2, -0.15) is 0 Å². The van der Waals surface area contributed by atoms with Gasteiger partial charge >= 0.3 is 0 Å². The lowest BCUT2D eigenvalue weighted by atomic mass is 10.1. The molecule has 0 radical (unpaired) electrons. The Bertz CT molecular complexity index is 813. The molecule has 0 unspecified atom stereocenters. The van der Waals surface area contributed by atoms with Crippen LogP contribution >= 0.6 is 23.2 Å². The van der Waals surface area contributed by atoms with Gasteiger partial charge in [0.2, 0.25) is 6.79 Å². The zero-order valence-electron chi connectivity index (χ0n) is 14.6. The van der Waals surface area contributed by atoms with E-state index in [0.29, 0.717) is 22.3 Å². The molecule has 0 saturated heterocycles. The maximum absolute atomic E-state index is 12.3. The molecule has 1 aliphatic heterocycles. The Morgan fingerprint density at radius 2 is 1.92 bits per heavy atom. The molecule has 2 aromatic rings. The van der Waals surface area contributed by atoms with Gasteiger partial charge in [-0.1, -0.05) is 35.3 Å². The summed E-state index contributed by atoms with van der Waals surface area (Å²) in [4.78, 5) is 12.3. The Morgan fingerprint density at radius 1 is 1.15 bits per heavy atom. The molecule has 7 heteroatoms. The van der Waals surface area contributed by atoms with Crippen LogP contribution in [0.15, 0.2) is 36.4 Å². The number of benzene rings is 2. The summed E-state index contributed by atoms with van der Waals surface area (Å²) in [6.45, 7) is 4.48. The molecule has 0 saturated carbocycles. The largest absolute Gasteiger partial charge is 0.454 e. The second-order valence-electron chi connectivity index (χ2n) is 6.30. The van der Waals surface area contributed by atoms with Gasteiger partial charge in [-0.15, -0.1) is 0 Å². The highest BCUT2D eigenvalue weighted by molar-refractivity contribution is 6.35. The predicted octanol–water partition coefficient (Wildman–Crippen LogP) is 3.22. The van der Waals surface area contributed by atoms with E-state index in [4.69, 9.17) is 32.7 Å². The predicted molar refractivity (Wildman–Crippen MR) is 101 cm³/mol. The lowest BCUT2D eigenvalue weighted by Crippen LogP contribution is -2.87. The topological polar surface area (TPSA) is 64.2 Å². The molecule has 0 aliphatic carbocycles. The van der Waals surface area contributed by atoms with E-state index in [1.165, 1.54) is 0 Å². The van der Waals surface area contributed by atoms with Crippen LogP contribution in [0.5, 0.6) is 11.5 Å².